The highest BCUT2D eigenvalue weighted by atomic mass is 79.9. The first-order valence-corrected chi connectivity index (χ1v) is 12.4. The number of rotatable bonds is 12. The first-order valence-electron chi connectivity index (χ1n) is 12.4. The maximum atomic E-state index is 2.38. The molecule has 34 heavy (non-hydrogen) atoms. The third kappa shape index (κ3) is 8.34. The number of quaternary nitrogens is 2. The lowest BCUT2D eigenvalue weighted by Crippen LogP contribution is -3.00. The average Bonchev–Trinajstić information content (AvgIpc) is 2.85. The van der Waals surface area contributed by atoms with Crippen molar-refractivity contribution in [3.05, 3.63) is 107 Å². The fraction of sp³-hybridized carbons (Fsp3) is 0.400. The normalized spacial score (nSPS) is 11.4. The Hall–Kier alpha value is -1.46. The lowest BCUT2D eigenvalue weighted by molar-refractivity contribution is -0.950. The van der Waals surface area contributed by atoms with Crippen LogP contribution in [0.3, 0.4) is 0 Å². The Kier molecular flexibility index (Phi) is 13.3. The summed E-state index contributed by atoms with van der Waals surface area (Å²) in [6.45, 7) is 18.3. The minimum atomic E-state index is 0. The van der Waals surface area contributed by atoms with Gasteiger partial charge < -0.3 is 42.9 Å². The molecule has 2 nitrogen and oxygen atoms in total. The van der Waals surface area contributed by atoms with E-state index in [1.807, 2.05) is 0 Å². The van der Waals surface area contributed by atoms with Gasteiger partial charge in [-0.2, -0.15) is 0 Å². The molecule has 0 N–H and O–H groups in total. The van der Waals surface area contributed by atoms with Crippen LogP contribution >= 0.6 is 0 Å². The van der Waals surface area contributed by atoms with Gasteiger partial charge in [0.05, 0.1) is 26.2 Å². The van der Waals surface area contributed by atoms with Crippen molar-refractivity contribution in [3.63, 3.8) is 0 Å². The molecule has 0 aliphatic carbocycles. The van der Waals surface area contributed by atoms with Crippen molar-refractivity contribution in [2.24, 2.45) is 0 Å². The van der Waals surface area contributed by atoms with Gasteiger partial charge in [0, 0.05) is 22.3 Å². The van der Waals surface area contributed by atoms with E-state index in [0.717, 1.165) is 61.3 Å². The van der Waals surface area contributed by atoms with Gasteiger partial charge in [-0.15, -0.1) is 0 Å². The predicted octanol–water partition coefficient (Wildman–Crippen LogP) is 0.808. The van der Waals surface area contributed by atoms with E-state index in [1.54, 1.807) is 0 Å². The zero-order valence-corrected chi connectivity index (χ0v) is 24.6. The second kappa shape index (κ2) is 14.8. The monoisotopic (exact) mass is 588 g/mol. The van der Waals surface area contributed by atoms with Gasteiger partial charge in [-0.3, -0.25) is 0 Å². The van der Waals surface area contributed by atoms with Crippen LogP contribution in [0, 0.1) is 0 Å². The zero-order valence-electron chi connectivity index (χ0n) is 21.4. The number of nitrogens with zero attached hydrogens (tertiary/aromatic N) is 2. The molecule has 0 radical (unpaired) electrons. The van der Waals surface area contributed by atoms with Crippen LogP contribution in [0.4, 0.5) is 0 Å². The average molecular weight is 590 g/mol. The predicted molar refractivity (Wildman–Crippen MR) is 137 cm³/mol. The van der Waals surface area contributed by atoms with Crippen LogP contribution in [0.1, 0.15) is 49.9 Å². The van der Waals surface area contributed by atoms with E-state index >= 15 is 0 Å². The quantitative estimate of drug-likeness (QED) is 0.274. The van der Waals surface area contributed by atoms with Crippen LogP contribution in [-0.4, -0.2) is 35.1 Å². The van der Waals surface area contributed by atoms with Crippen molar-refractivity contribution in [2.75, 3.05) is 26.2 Å². The first-order chi connectivity index (χ1) is 15.6. The highest BCUT2D eigenvalue weighted by molar-refractivity contribution is 5.22. The molecule has 0 saturated heterocycles. The number of halogens is 2. The SMILES string of the molecule is CC[N+](CC)(Cc1ccccc1)Cc1ccc(C[N+](CC)(CC)Cc2ccccc2)cc1.[Br-].[Br-]. The largest absolute Gasteiger partial charge is 1.00 e. The molecule has 0 aromatic heterocycles. The van der Waals surface area contributed by atoms with E-state index in [4.69, 9.17) is 0 Å². The lowest BCUT2D eigenvalue weighted by Gasteiger charge is -2.38. The summed E-state index contributed by atoms with van der Waals surface area (Å²) in [6, 6.07) is 31.4. The summed E-state index contributed by atoms with van der Waals surface area (Å²) in [7, 11) is 0. The molecule has 0 spiro atoms. The van der Waals surface area contributed by atoms with Gasteiger partial charge in [0.15, 0.2) is 0 Å². The standard InChI is InChI=1S/C30H42N2.2BrH/c1-5-31(6-2,23-27-15-11-9-12-16-27)25-29-19-21-30(22-20-29)26-32(7-3,8-4)24-28-17-13-10-14-18-28;;/h9-22H,5-8,23-26H2,1-4H3;2*1H/q+2;;/p-2. The molecule has 0 saturated carbocycles. The van der Waals surface area contributed by atoms with Gasteiger partial charge in [0.2, 0.25) is 0 Å². The van der Waals surface area contributed by atoms with E-state index in [9.17, 15) is 0 Å². The van der Waals surface area contributed by atoms with Crippen molar-refractivity contribution in [2.45, 2.75) is 53.9 Å². The second-order valence-corrected chi connectivity index (χ2v) is 9.37. The number of hydrogen-bond donors (Lipinski definition) is 0. The molecule has 0 heterocycles. The summed E-state index contributed by atoms with van der Waals surface area (Å²) in [5.41, 5.74) is 5.76. The highest BCUT2D eigenvalue weighted by Gasteiger charge is 2.26. The Bertz CT molecular complexity index is 841. The van der Waals surface area contributed by atoms with Crippen molar-refractivity contribution in [1.29, 1.82) is 0 Å². The van der Waals surface area contributed by atoms with Gasteiger partial charge in [0.1, 0.15) is 26.2 Å². The molecule has 0 atom stereocenters. The maximum Gasteiger partial charge on any atom is 0.105 e. The smallest absolute Gasteiger partial charge is 0.105 e. The van der Waals surface area contributed by atoms with Crippen molar-refractivity contribution < 1.29 is 42.9 Å². The molecule has 3 aromatic rings. The van der Waals surface area contributed by atoms with Crippen molar-refractivity contribution in [3.8, 4) is 0 Å². The molecule has 0 bridgehead atoms. The molecule has 3 aromatic carbocycles. The molecule has 0 aliphatic heterocycles. The fourth-order valence-corrected chi connectivity index (χ4v) is 4.92. The second-order valence-electron chi connectivity index (χ2n) is 9.37. The van der Waals surface area contributed by atoms with E-state index in [2.05, 4.69) is 113 Å². The summed E-state index contributed by atoms with van der Waals surface area (Å²) < 4.78 is 2.20. The summed E-state index contributed by atoms with van der Waals surface area (Å²) in [4.78, 5) is 0. The third-order valence-corrected chi connectivity index (χ3v) is 7.46. The number of benzene rings is 3. The first kappa shape index (κ1) is 30.6. The summed E-state index contributed by atoms with van der Waals surface area (Å²) in [6.07, 6.45) is 0. The molecule has 4 heteroatoms. The molecule has 3 rings (SSSR count). The Labute approximate surface area is 229 Å². The van der Waals surface area contributed by atoms with Gasteiger partial charge in [-0.1, -0.05) is 84.9 Å². The summed E-state index contributed by atoms with van der Waals surface area (Å²) in [5, 5.41) is 0. The van der Waals surface area contributed by atoms with E-state index in [0.29, 0.717) is 0 Å². The van der Waals surface area contributed by atoms with E-state index in [1.165, 1.54) is 22.3 Å². The van der Waals surface area contributed by atoms with Gasteiger partial charge in [-0.05, 0) is 27.7 Å². The minimum Gasteiger partial charge on any atom is -1.00 e. The molecule has 186 valence electrons. The fourth-order valence-electron chi connectivity index (χ4n) is 4.92. The van der Waals surface area contributed by atoms with Crippen molar-refractivity contribution >= 4 is 0 Å². The minimum absolute atomic E-state index is 0. The van der Waals surface area contributed by atoms with Gasteiger partial charge >= 0.3 is 0 Å². The summed E-state index contributed by atoms with van der Waals surface area (Å²) >= 11 is 0. The molecule has 0 amide bonds. The molecule has 0 aliphatic rings. The Balaban J connectivity index is 0.00000289. The van der Waals surface area contributed by atoms with Crippen molar-refractivity contribution in [1.82, 2.24) is 0 Å². The van der Waals surface area contributed by atoms with Crippen LogP contribution in [0.25, 0.3) is 0 Å². The van der Waals surface area contributed by atoms with E-state index < -0.39 is 0 Å². The van der Waals surface area contributed by atoms with Crippen LogP contribution in [-0.2, 0) is 26.2 Å². The zero-order chi connectivity index (χ0) is 22.9. The van der Waals surface area contributed by atoms with Crippen LogP contribution in [0.15, 0.2) is 84.9 Å². The van der Waals surface area contributed by atoms with Crippen LogP contribution < -0.4 is 34.0 Å². The summed E-state index contributed by atoms with van der Waals surface area (Å²) in [5.74, 6) is 0. The molecule has 0 unspecified atom stereocenters. The van der Waals surface area contributed by atoms with Gasteiger partial charge in [0.25, 0.3) is 0 Å². The highest BCUT2D eigenvalue weighted by Crippen LogP contribution is 2.23. The number of hydrogen-bond acceptors (Lipinski definition) is 0. The van der Waals surface area contributed by atoms with Gasteiger partial charge in [-0.25, -0.2) is 0 Å². The maximum absolute atomic E-state index is 2.38. The topological polar surface area (TPSA) is 0 Å². The van der Waals surface area contributed by atoms with Crippen LogP contribution in [0.5, 0.6) is 0 Å². The molecular formula is C30H42Br2N2. The van der Waals surface area contributed by atoms with Crippen LogP contribution in [0.2, 0.25) is 0 Å². The Morgan fingerprint density at radius 2 is 0.618 bits per heavy atom. The van der Waals surface area contributed by atoms with E-state index in [-0.39, 0.29) is 34.0 Å². The molecule has 0 fully saturated rings. The lowest BCUT2D eigenvalue weighted by atomic mass is 10.1. The molecular weight excluding hydrogens is 548 g/mol. The third-order valence-electron chi connectivity index (χ3n) is 7.46. The Morgan fingerprint density at radius 1 is 0.382 bits per heavy atom. The Morgan fingerprint density at radius 3 is 0.853 bits per heavy atom.